The van der Waals surface area contributed by atoms with E-state index in [1.165, 1.54) is 0 Å². The van der Waals surface area contributed by atoms with Crippen LogP contribution in [0.15, 0.2) is 60.7 Å². The molecule has 1 atom stereocenters. The van der Waals surface area contributed by atoms with Gasteiger partial charge < -0.3 is 10.2 Å². The first kappa shape index (κ1) is 15.7. The van der Waals surface area contributed by atoms with E-state index in [1.54, 1.807) is 30.3 Å². The molecule has 114 valence electrons. The summed E-state index contributed by atoms with van der Waals surface area (Å²) in [5, 5.41) is 18.8. The monoisotopic (exact) mass is 299 g/mol. The van der Waals surface area contributed by atoms with Gasteiger partial charge in [-0.2, -0.15) is 0 Å². The second-order valence-corrected chi connectivity index (χ2v) is 4.80. The van der Waals surface area contributed by atoms with Gasteiger partial charge in [0.15, 0.2) is 0 Å². The Labute approximate surface area is 128 Å². The molecule has 0 aliphatic rings. The fourth-order valence-corrected chi connectivity index (χ4v) is 2.14. The first-order valence-electron chi connectivity index (χ1n) is 6.91. The lowest BCUT2D eigenvalue weighted by Crippen LogP contribution is -2.45. The van der Waals surface area contributed by atoms with Crippen LogP contribution < -0.4 is 4.90 Å². The van der Waals surface area contributed by atoms with E-state index in [4.69, 9.17) is 5.11 Å². The van der Waals surface area contributed by atoms with Gasteiger partial charge in [0, 0.05) is 12.1 Å². The van der Waals surface area contributed by atoms with Crippen LogP contribution in [0.3, 0.4) is 0 Å². The molecule has 1 unspecified atom stereocenters. The third-order valence-corrected chi connectivity index (χ3v) is 3.24. The Morgan fingerprint density at radius 1 is 0.955 bits per heavy atom. The molecular weight excluding hydrogens is 282 g/mol. The predicted octanol–water partition coefficient (Wildman–Crippen LogP) is 2.06. The summed E-state index contributed by atoms with van der Waals surface area (Å²) in [6.45, 7) is 0. The zero-order valence-corrected chi connectivity index (χ0v) is 11.9. The molecular formula is C17H17NO4. The number of carbonyl (C=O) groups excluding carboxylic acids is 1. The highest BCUT2D eigenvalue weighted by molar-refractivity contribution is 5.98. The number of carboxylic acids is 1. The zero-order chi connectivity index (χ0) is 15.9. The van der Waals surface area contributed by atoms with E-state index in [-0.39, 0.29) is 6.42 Å². The van der Waals surface area contributed by atoms with Crippen molar-refractivity contribution in [2.45, 2.75) is 19.1 Å². The predicted molar refractivity (Wildman–Crippen MR) is 82.3 cm³/mol. The molecule has 0 fully saturated rings. The lowest BCUT2D eigenvalue weighted by Gasteiger charge is -2.25. The Kier molecular flexibility index (Phi) is 5.27. The number of benzene rings is 2. The molecule has 0 saturated heterocycles. The van der Waals surface area contributed by atoms with E-state index >= 15 is 0 Å². The second kappa shape index (κ2) is 7.38. The van der Waals surface area contributed by atoms with Crippen LogP contribution in [0.25, 0.3) is 0 Å². The molecule has 0 aliphatic carbocycles. The first-order valence-corrected chi connectivity index (χ1v) is 6.91. The van der Waals surface area contributed by atoms with E-state index in [9.17, 15) is 14.7 Å². The lowest BCUT2D eigenvalue weighted by atomic mass is 10.1. The van der Waals surface area contributed by atoms with Crippen LogP contribution in [0, 0.1) is 0 Å². The summed E-state index contributed by atoms with van der Waals surface area (Å²) in [4.78, 5) is 24.3. The number of aliphatic hydroxyl groups is 1. The highest BCUT2D eigenvalue weighted by Crippen LogP contribution is 2.18. The maximum absolute atomic E-state index is 12.4. The van der Waals surface area contributed by atoms with Gasteiger partial charge in [0.05, 0.1) is 0 Å². The number of aryl methyl sites for hydroxylation is 1. The largest absolute Gasteiger partial charge is 0.478 e. The third kappa shape index (κ3) is 3.93. The molecule has 0 aliphatic heterocycles. The number of carbonyl (C=O) groups is 2. The summed E-state index contributed by atoms with van der Waals surface area (Å²) in [5.41, 5.74) is 1.34. The lowest BCUT2D eigenvalue weighted by molar-refractivity contribution is -0.148. The van der Waals surface area contributed by atoms with Crippen LogP contribution in [0.1, 0.15) is 12.0 Å². The van der Waals surface area contributed by atoms with Gasteiger partial charge in [-0.15, -0.1) is 0 Å². The standard InChI is InChI=1S/C17H17NO4/c19-15(12-11-13-7-3-1-4-8-13)18(16(20)17(21)22)14-9-5-2-6-10-14/h1-10,16,20H,11-12H2,(H,21,22). The number of para-hydroxylation sites is 1. The van der Waals surface area contributed by atoms with E-state index in [0.717, 1.165) is 10.5 Å². The minimum atomic E-state index is -1.90. The quantitative estimate of drug-likeness (QED) is 0.800. The maximum Gasteiger partial charge on any atom is 0.354 e. The van der Waals surface area contributed by atoms with Crippen molar-refractivity contribution in [1.29, 1.82) is 0 Å². The Morgan fingerprint density at radius 2 is 1.50 bits per heavy atom. The SMILES string of the molecule is O=C(O)C(O)N(C(=O)CCc1ccccc1)c1ccccc1. The molecule has 1 amide bonds. The van der Waals surface area contributed by atoms with Crippen molar-refractivity contribution < 1.29 is 19.8 Å². The van der Waals surface area contributed by atoms with Gasteiger partial charge >= 0.3 is 5.97 Å². The highest BCUT2D eigenvalue weighted by atomic mass is 16.4. The number of carboxylic acid groups (broad SMARTS) is 1. The third-order valence-electron chi connectivity index (χ3n) is 3.24. The van der Waals surface area contributed by atoms with Crippen molar-refractivity contribution in [2.24, 2.45) is 0 Å². The van der Waals surface area contributed by atoms with Crippen molar-refractivity contribution in [1.82, 2.24) is 0 Å². The molecule has 0 bridgehead atoms. The maximum atomic E-state index is 12.4. The minimum Gasteiger partial charge on any atom is -0.478 e. The van der Waals surface area contributed by atoms with Gasteiger partial charge in [-0.1, -0.05) is 48.5 Å². The van der Waals surface area contributed by atoms with Crippen LogP contribution in [-0.4, -0.2) is 28.3 Å². The van der Waals surface area contributed by atoms with Gasteiger partial charge in [0.25, 0.3) is 0 Å². The average molecular weight is 299 g/mol. The van der Waals surface area contributed by atoms with Gasteiger partial charge in [0.2, 0.25) is 12.1 Å². The van der Waals surface area contributed by atoms with Gasteiger partial charge in [-0.05, 0) is 24.1 Å². The molecule has 2 aromatic carbocycles. The van der Waals surface area contributed by atoms with Crippen molar-refractivity contribution in [3.8, 4) is 0 Å². The molecule has 0 heterocycles. The summed E-state index contributed by atoms with van der Waals surface area (Å²) in [6, 6.07) is 17.7. The Bertz CT molecular complexity index is 628. The van der Waals surface area contributed by atoms with Crippen LogP contribution >= 0.6 is 0 Å². The van der Waals surface area contributed by atoms with Crippen LogP contribution in [-0.2, 0) is 16.0 Å². The van der Waals surface area contributed by atoms with E-state index in [2.05, 4.69) is 0 Å². The summed E-state index contributed by atoms with van der Waals surface area (Å²) >= 11 is 0. The molecule has 0 saturated carbocycles. The number of hydrogen-bond donors (Lipinski definition) is 2. The minimum absolute atomic E-state index is 0.114. The Hall–Kier alpha value is -2.66. The Morgan fingerprint density at radius 3 is 2.05 bits per heavy atom. The number of aliphatic carboxylic acids is 1. The van der Waals surface area contributed by atoms with Crippen molar-refractivity contribution in [3.05, 3.63) is 66.2 Å². The van der Waals surface area contributed by atoms with Crippen molar-refractivity contribution >= 4 is 17.6 Å². The van der Waals surface area contributed by atoms with E-state index < -0.39 is 18.1 Å². The fourth-order valence-electron chi connectivity index (χ4n) is 2.14. The van der Waals surface area contributed by atoms with Crippen molar-refractivity contribution in [2.75, 3.05) is 4.90 Å². The topological polar surface area (TPSA) is 77.8 Å². The van der Waals surface area contributed by atoms with Crippen LogP contribution in [0.4, 0.5) is 5.69 Å². The van der Waals surface area contributed by atoms with Gasteiger partial charge in [0.1, 0.15) is 0 Å². The number of amides is 1. The van der Waals surface area contributed by atoms with Crippen LogP contribution in [0.5, 0.6) is 0 Å². The molecule has 0 spiro atoms. The van der Waals surface area contributed by atoms with Crippen LogP contribution in [0.2, 0.25) is 0 Å². The second-order valence-electron chi connectivity index (χ2n) is 4.80. The number of hydrogen-bond acceptors (Lipinski definition) is 3. The normalized spacial score (nSPS) is 11.7. The van der Waals surface area contributed by atoms with E-state index in [1.807, 2.05) is 30.3 Å². The summed E-state index contributed by atoms with van der Waals surface area (Å²) in [7, 11) is 0. The number of rotatable bonds is 6. The van der Waals surface area contributed by atoms with E-state index in [0.29, 0.717) is 12.1 Å². The molecule has 2 rings (SSSR count). The molecule has 0 radical (unpaired) electrons. The molecule has 5 heteroatoms. The first-order chi connectivity index (χ1) is 10.6. The fraction of sp³-hybridized carbons (Fsp3) is 0.176. The summed E-state index contributed by atoms with van der Waals surface area (Å²) in [6.07, 6.45) is -1.30. The smallest absolute Gasteiger partial charge is 0.354 e. The average Bonchev–Trinajstić information content (AvgIpc) is 2.55. The number of aliphatic hydroxyl groups excluding tert-OH is 1. The van der Waals surface area contributed by atoms with Crippen molar-refractivity contribution in [3.63, 3.8) is 0 Å². The summed E-state index contributed by atoms with van der Waals surface area (Å²) < 4.78 is 0. The van der Waals surface area contributed by atoms with Gasteiger partial charge in [-0.25, -0.2) is 4.79 Å². The summed E-state index contributed by atoms with van der Waals surface area (Å²) in [5.74, 6) is -1.90. The zero-order valence-electron chi connectivity index (χ0n) is 11.9. The molecule has 2 aromatic rings. The Balaban J connectivity index is 2.14. The number of anilines is 1. The molecule has 22 heavy (non-hydrogen) atoms. The molecule has 0 aromatic heterocycles. The molecule has 5 nitrogen and oxygen atoms in total. The number of nitrogens with zero attached hydrogens (tertiary/aromatic N) is 1. The highest BCUT2D eigenvalue weighted by Gasteiger charge is 2.28. The van der Waals surface area contributed by atoms with Gasteiger partial charge in [-0.3, -0.25) is 9.69 Å². The molecule has 2 N–H and O–H groups in total.